The van der Waals surface area contributed by atoms with Crippen LogP contribution < -0.4 is 0 Å². The zero-order valence-corrected chi connectivity index (χ0v) is 14.5. The van der Waals surface area contributed by atoms with Crippen molar-refractivity contribution in [2.45, 2.75) is 13.3 Å². The van der Waals surface area contributed by atoms with Gasteiger partial charge in [-0.05, 0) is 41.3 Å². The van der Waals surface area contributed by atoms with E-state index in [1.165, 1.54) is 6.08 Å². The molecule has 2 aromatic carbocycles. The van der Waals surface area contributed by atoms with Gasteiger partial charge in [0.05, 0.1) is 13.2 Å². The van der Waals surface area contributed by atoms with Gasteiger partial charge in [0.25, 0.3) is 6.47 Å². The van der Waals surface area contributed by atoms with Gasteiger partial charge in [0, 0.05) is 6.42 Å². The van der Waals surface area contributed by atoms with Crippen molar-refractivity contribution in [3.63, 3.8) is 0 Å². The van der Waals surface area contributed by atoms with E-state index in [1.54, 1.807) is 6.92 Å². The zero-order chi connectivity index (χ0) is 18.8. The Bertz CT molecular complexity index is 849. The van der Waals surface area contributed by atoms with Crippen LogP contribution in [0.25, 0.3) is 17.2 Å². The number of benzene rings is 2. The second kappa shape index (κ2) is 9.80. The van der Waals surface area contributed by atoms with Crippen molar-refractivity contribution in [1.82, 2.24) is 0 Å². The summed E-state index contributed by atoms with van der Waals surface area (Å²) in [5.41, 5.74) is 3.68. The second-order valence-electron chi connectivity index (χ2n) is 5.39. The van der Waals surface area contributed by atoms with E-state index in [9.17, 15) is 14.9 Å². The van der Waals surface area contributed by atoms with E-state index < -0.39 is 5.97 Å². The number of rotatable bonds is 8. The van der Waals surface area contributed by atoms with Crippen molar-refractivity contribution in [2.24, 2.45) is 0 Å². The summed E-state index contributed by atoms with van der Waals surface area (Å²) in [6.45, 7) is 2.65. The van der Waals surface area contributed by atoms with Crippen molar-refractivity contribution >= 4 is 18.5 Å². The first-order valence-corrected chi connectivity index (χ1v) is 8.22. The van der Waals surface area contributed by atoms with Crippen LogP contribution in [0.3, 0.4) is 0 Å². The lowest BCUT2D eigenvalue weighted by atomic mass is 9.96. The molecule has 0 bridgehead atoms. The molecule has 0 saturated carbocycles. The van der Waals surface area contributed by atoms with Crippen molar-refractivity contribution in [3.05, 3.63) is 65.2 Å². The van der Waals surface area contributed by atoms with Gasteiger partial charge in [0.15, 0.2) is 0 Å². The van der Waals surface area contributed by atoms with Gasteiger partial charge in [0.1, 0.15) is 11.6 Å². The maximum Gasteiger partial charge on any atom is 0.348 e. The number of nitriles is 1. The molecule has 26 heavy (non-hydrogen) atoms. The Morgan fingerprint density at radius 3 is 2.73 bits per heavy atom. The van der Waals surface area contributed by atoms with E-state index >= 15 is 0 Å². The highest BCUT2D eigenvalue weighted by atomic mass is 16.5. The van der Waals surface area contributed by atoms with Crippen LogP contribution in [0.4, 0.5) is 0 Å². The summed E-state index contributed by atoms with van der Waals surface area (Å²) in [6, 6.07) is 17.2. The van der Waals surface area contributed by atoms with Crippen LogP contribution in [0.2, 0.25) is 0 Å². The van der Waals surface area contributed by atoms with Crippen molar-refractivity contribution < 1.29 is 19.1 Å². The number of carbonyl (C=O) groups is 2. The van der Waals surface area contributed by atoms with Crippen molar-refractivity contribution in [3.8, 4) is 17.2 Å². The molecule has 5 nitrogen and oxygen atoms in total. The average Bonchev–Trinajstić information content (AvgIpc) is 2.67. The Balaban J connectivity index is 2.34. The van der Waals surface area contributed by atoms with E-state index in [0.29, 0.717) is 19.5 Å². The number of carbonyl (C=O) groups excluding carboxylic acids is 2. The normalized spacial score (nSPS) is 10.7. The van der Waals surface area contributed by atoms with E-state index in [4.69, 9.17) is 9.47 Å². The summed E-state index contributed by atoms with van der Waals surface area (Å²) < 4.78 is 9.67. The van der Waals surface area contributed by atoms with Crippen LogP contribution in [0.1, 0.15) is 18.1 Å². The fourth-order valence-electron chi connectivity index (χ4n) is 2.55. The Morgan fingerprint density at radius 1 is 1.19 bits per heavy atom. The molecule has 0 aromatic heterocycles. The monoisotopic (exact) mass is 349 g/mol. The van der Waals surface area contributed by atoms with Crippen LogP contribution in [0.15, 0.2) is 54.1 Å². The molecule has 2 aromatic rings. The molecule has 0 spiro atoms. The highest BCUT2D eigenvalue weighted by molar-refractivity contribution is 5.98. The molecule has 2 rings (SSSR count). The van der Waals surface area contributed by atoms with Gasteiger partial charge in [-0.1, -0.05) is 42.5 Å². The topological polar surface area (TPSA) is 76.4 Å². The van der Waals surface area contributed by atoms with Crippen molar-refractivity contribution in [1.29, 1.82) is 5.26 Å². The van der Waals surface area contributed by atoms with E-state index in [0.717, 1.165) is 22.3 Å². The van der Waals surface area contributed by atoms with Gasteiger partial charge >= 0.3 is 5.97 Å². The van der Waals surface area contributed by atoms with Crippen LogP contribution in [-0.2, 0) is 25.5 Å². The standard InChI is InChI=1S/C21H19NO4/c1-2-26-21(24)19(14-22)13-16-6-5-8-18(12-16)20-9-4-3-7-17(20)10-11-25-15-23/h3-9,12-13,15H,2,10-11H2,1H3. The Labute approximate surface area is 152 Å². The van der Waals surface area contributed by atoms with Gasteiger partial charge in [-0.2, -0.15) is 5.26 Å². The Morgan fingerprint density at radius 2 is 2.00 bits per heavy atom. The lowest BCUT2D eigenvalue weighted by Crippen LogP contribution is -2.06. The Hall–Kier alpha value is -3.39. The summed E-state index contributed by atoms with van der Waals surface area (Å²) in [7, 11) is 0. The molecule has 0 atom stereocenters. The minimum Gasteiger partial charge on any atom is -0.468 e. The largest absolute Gasteiger partial charge is 0.468 e. The molecule has 0 heterocycles. The van der Waals surface area contributed by atoms with E-state index in [-0.39, 0.29) is 12.2 Å². The third kappa shape index (κ3) is 5.05. The van der Waals surface area contributed by atoms with Gasteiger partial charge in [-0.15, -0.1) is 0 Å². The fourth-order valence-corrected chi connectivity index (χ4v) is 2.55. The highest BCUT2D eigenvalue weighted by Crippen LogP contribution is 2.26. The molecule has 0 fully saturated rings. The third-order valence-electron chi connectivity index (χ3n) is 3.70. The van der Waals surface area contributed by atoms with Gasteiger partial charge < -0.3 is 9.47 Å². The van der Waals surface area contributed by atoms with Gasteiger partial charge in [-0.3, -0.25) is 4.79 Å². The third-order valence-corrected chi connectivity index (χ3v) is 3.70. The summed E-state index contributed by atoms with van der Waals surface area (Å²) in [6.07, 6.45) is 2.11. The molecule has 0 amide bonds. The predicted molar refractivity (Wildman–Crippen MR) is 97.8 cm³/mol. The first-order chi connectivity index (χ1) is 12.7. The number of ether oxygens (including phenoxy) is 2. The quantitative estimate of drug-likeness (QED) is 0.239. The summed E-state index contributed by atoms with van der Waals surface area (Å²) in [5.74, 6) is -0.633. The lowest BCUT2D eigenvalue weighted by molar-refractivity contribution is -0.138. The number of nitrogens with zero attached hydrogens (tertiary/aromatic N) is 1. The Kier molecular flexibility index (Phi) is 7.14. The minimum absolute atomic E-state index is 0.0448. The molecule has 0 saturated heterocycles. The first-order valence-electron chi connectivity index (χ1n) is 8.22. The maximum atomic E-state index is 11.8. The van der Waals surface area contributed by atoms with Crippen LogP contribution >= 0.6 is 0 Å². The molecular weight excluding hydrogens is 330 g/mol. The number of hydrogen-bond acceptors (Lipinski definition) is 5. The molecule has 0 unspecified atom stereocenters. The number of hydrogen-bond donors (Lipinski definition) is 0. The van der Waals surface area contributed by atoms with Gasteiger partial charge in [-0.25, -0.2) is 4.79 Å². The SMILES string of the molecule is CCOC(=O)C(C#N)=Cc1cccc(-c2ccccc2CCOC=O)c1. The van der Waals surface area contributed by atoms with E-state index in [1.807, 2.05) is 54.6 Å². The van der Waals surface area contributed by atoms with Crippen LogP contribution in [0, 0.1) is 11.3 Å². The molecule has 0 aliphatic rings. The van der Waals surface area contributed by atoms with Crippen molar-refractivity contribution in [2.75, 3.05) is 13.2 Å². The van der Waals surface area contributed by atoms with Crippen LogP contribution in [0.5, 0.6) is 0 Å². The van der Waals surface area contributed by atoms with E-state index in [2.05, 4.69) is 0 Å². The minimum atomic E-state index is -0.633. The molecule has 5 heteroatoms. The molecular formula is C21H19NO4. The molecule has 132 valence electrons. The molecule has 0 aliphatic heterocycles. The summed E-state index contributed by atoms with van der Waals surface area (Å²) in [4.78, 5) is 22.1. The fraction of sp³-hybridized carbons (Fsp3) is 0.190. The van der Waals surface area contributed by atoms with Crippen LogP contribution in [-0.4, -0.2) is 25.7 Å². The summed E-state index contributed by atoms with van der Waals surface area (Å²) >= 11 is 0. The predicted octanol–water partition coefficient (Wildman–Crippen LogP) is 3.54. The first kappa shape index (κ1) is 18.9. The lowest BCUT2D eigenvalue weighted by Gasteiger charge is -2.10. The summed E-state index contributed by atoms with van der Waals surface area (Å²) in [5, 5.41) is 9.17. The second-order valence-corrected chi connectivity index (χ2v) is 5.39. The molecule has 0 N–H and O–H groups in total. The average molecular weight is 349 g/mol. The smallest absolute Gasteiger partial charge is 0.348 e. The zero-order valence-electron chi connectivity index (χ0n) is 14.5. The molecule has 0 aliphatic carbocycles. The number of esters is 1. The highest BCUT2D eigenvalue weighted by Gasteiger charge is 2.10. The van der Waals surface area contributed by atoms with Gasteiger partial charge in [0.2, 0.25) is 0 Å². The maximum absolute atomic E-state index is 11.8. The molecule has 0 radical (unpaired) electrons.